The lowest BCUT2D eigenvalue weighted by Gasteiger charge is -2.11. The van der Waals surface area contributed by atoms with Gasteiger partial charge in [0.05, 0.1) is 11.3 Å². The topological polar surface area (TPSA) is 110 Å². The van der Waals surface area contributed by atoms with Gasteiger partial charge >= 0.3 is 5.97 Å². The molecule has 0 aromatic heterocycles. The number of carboxylic acid groups (broad SMARTS) is 1. The number of phenols is 1. The summed E-state index contributed by atoms with van der Waals surface area (Å²) in [6, 6.07) is 0.453. The van der Waals surface area contributed by atoms with E-state index in [0.29, 0.717) is 0 Å². The maximum Gasteiger partial charge on any atom is 0.325 e. The number of aromatic hydroxyl groups is 1. The van der Waals surface area contributed by atoms with E-state index in [0.717, 1.165) is 12.1 Å². The van der Waals surface area contributed by atoms with Crippen LogP contribution in [0.25, 0.3) is 0 Å². The van der Waals surface area contributed by atoms with Crippen LogP contribution in [0.3, 0.4) is 0 Å². The molecule has 5 nitrogen and oxygen atoms in total. The van der Waals surface area contributed by atoms with Gasteiger partial charge in [-0.3, -0.25) is 4.79 Å². The van der Waals surface area contributed by atoms with Crippen molar-refractivity contribution >= 4 is 11.7 Å². The first-order valence-electron chi connectivity index (χ1n) is 3.70. The summed E-state index contributed by atoms with van der Waals surface area (Å²) in [6.45, 7) is 0. The maximum absolute atomic E-state index is 13.1. The number of carbonyl (C=O) groups is 1. The van der Waals surface area contributed by atoms with Crippen molar-refractivity contribution in [2.24, 2.45) is 5.73 Å². The molecule has 1 aromatic carbocycles. The Balaban J connectivity index is 3.32. The number of anilines is 1. The zero-order valence-corrected chi connectivity index (χ0v) is 7.07. The molecule has 0 saturated carbocycles. The van der Waals surface area contributed by atoms with Gasteiger partial charge in [-0.25, -0.2) is 4.39 Å². The van der Waals surface area contributed by atoms with E-state index in [1.807, 2.05) is 0 Å². The Labute approximate surface area is 78.8 Å². The third-order valence-corrected chi connectivity index (χ3v) is 1.77. The molecule has 0 radical (unpaired) electrons. The Morgan fingerprint density at radius 2 is 2.07 bits per heavy atom. The lowest BCUT2D eigenvalue weighted by atomic mass is 10.0. The van der Waals surface area contributed by atoms with E-state index in [9.17, 15) is 14.3 Å². The number of nitrogens with two attached hydrogens (primary N) is 2. The van der Waals surface area contributed by atoms with Crippen LogP contribution in [0.1, 0.15) is 11.6 Å². The Bertz CT molecular complexity index is 381. The quantitative estimate of drug-likeness (QED) is 0.402. The fourth-order valence-corrected chi connectivity index (χ4v) is 1.02. The minimum Gasteiger partial charge on any atom is -0.505 e. The molecule has 6 heteroatoms. The second kappa shape index (κ2) is 3.51. The van der Waals surface area contributed by atoms with Crippen LogP contribution in [0.5, 0.6) is 5.75 Å². The van der Waals surface area contributed by atoms with Gasteiger partial charge in [0, 0.05) is 0 Å². The van der Waals surface area contributed by atoms with Crippen LogP contribution in [0, 0.1) is 5.82 Å². The molecule has 1 unspecified atom stereocenters. The molecule has 0 fully saturated rings. The summed E-state index contributed by atoms with van der Waals surface area (Å²) in [5, 5.41) is 17.8. The van der Waals surface area contributed by atoms with E-state index >= 15 is 0 Å². The summed E-state index contributed by atoms with van der Waals surface area (Å²) in [5.74, 6) is -2.96. The number of carboxylic acids is 1. The first-order chi connectivity index (χ1) is 6.45. The molecule has 0 bridgehead atoms. The predicted molar refractivity (Wildman–Crippen MR) is 47.0 cm³/mol. The van der Waals surface area contributed by atoms with Gasteiger partial charge in [-0.05, 0) is 12.1 Å². The average molecular weight is 200 g/mol. The molecule has 1 rings (SSSR count). The Morgan fingerprint density at radius 3 is 2.57 bits per heavy atom. The molecule has 76 valence electrons. The molecule has 14 heavy (non-hydrogen) atoms. The molecule has 1 atom stereocenters. The second-order valence-corrected chi connectivity index (χ2v) is 2.71. The van der Waals surface area contributed by atoms with Gasteiger partial charge in [-0.15, -0.1) is 0 Å². The molecule has 0 aliphatic heterocycles. The van der Waals surface area contributed by atoms with Crippen LogP contribution in [-0.2, 0) is 4.79 Å². The minimum absolute atomic E-state index is 0.113. The van der Waals surface area contributed by atoms with Crippen molar-refractivity contribution in [1.82, 2.24) is 0 Å². The van der Waals surface area contributed by atoms with Gasteiger partial charge in [-0.1, -0.05) is 0 Å². The molecule has 0 heterocycles. The monoisotopic (exact) mass is 200 g/mol. The Hall–Kier alpha value is -1.82. The lowest BCUT2D eigenvalue weighted by molar-refractivity contribution is -0.138. The van der Waals surface area contributed by atoms with Crippen LogP contribution in [0.4, 0.5) is 10.1 Å². The van der Waals surface area contributed by atoms with E-state index in [1.165, 1.54) is 0 Å². The molecule has 6 N–H and O–H groups in total. The highest BCUT2D eigenvalue weighted by Gasteiger charge is 2.23. The third-order valence-electron chi connectivity index (χ3n) is 1.77. The summed E-state index contributed by atoms with van der Waals surface area (Å²) in [5.41, 5.74) is 9.80. The van der Waals surface area contributed by atoms with Crippen molar-refractivity contribution < 1.29 is 19.4 Å². The van der Waals surface area contributed by atoms with Gasteiger partial charge in [0.25, 0.3) is 0 Å². The number of phenolic OH excluding ortho intramolecular Hbond substituents is 1. The van der Waals surface area contributed by atoms with Crippen molar-refractivity contribution in [2.75, 3.05) is 5.73 Å². The largest absolute Gasteiger partial charge is 0.505 e. The summed E-state index contributed by atoms with van der Waals surface area (Å²) in [4.78, 5) is 10.5. The van der Waals surface area contributed by atoms with Gasteiger partial charge in [0.15, 0.2) is 0 Å². The number of hydrogen-bond acceptors (Lipinski definition) is 4. The summed E-state index contributed by atoms with van der Waals surface area (Å²) in [7, 11) is 0. The standard InChI is InChI=1S/C8H9FN2O3/c9-3-1-2-4(10)7(12)5(3)6(11)8(13)14/h1-2,6,12H,10-11H2,(H,13,14). The molecule has 0 saturated heterocycles. The third kappa shape index (κ3) is 1.60. The molecule has 0 spiro atoms. The first-order valence-corrected chi connectivity index (χ1v) is 3.70. The maximum atomic E-state index is 13.1. The molecule has 0 aliphatic rings. The van der Waals surface area contributed by atoms with E-state index < -0.39 is 29.1 Å². The van der Waals surface area contributed by atoms with Crippen molar-refractivity contribution in [3.63, 3.8) is 0 Å². The van der Waals surface area contributed by atoms with E-state index in [-0.39, 0.29) is 5.69 Å². The zero-order valence-electron chi connectivity index (χ0n) is 7.07. The number of hydrogen-bond donors (Lipinski definition) is 4. The highest BCUT2D eigenvalue weighted by molar-refractivity contribution is 5.77. The van der Waals surface area contributed by atoms with Gasteiger partial charge in [-0.2, -0.15) is 0 Å². The van der Waals surface area contributed by atoms with Crippen LogP contribution < -0.4 is 11.5 Å². The minimum atomic E-state index is -1.63. The number of nitrogen functional groups attached to an aromatic ring is 1. The fraction of sp³-hybridized carbons (Fsp3) is 0.125. The van der Waals surface area contributed by atoms with Gasteiger partial charge in [0.1, 0.15) is 17.6 Å². The second-order valence-electron chi connectivity index (χ2n) is 2.71. The van der Waals surface area contributed by atoms with Crippen LogP contribution in [-0.4, -0.2) is 16.2 Å². The summed E-state index contributed by atoms with van der Waals surface area (Å²) in [6.07, 6.45) is 0. The van der Waals surface area contributed by atoms with E-state index in [1.54, 1.807) is 0 Å². The van der Waals surface area contributed by atoms with Gasteiger partial charge in [0.2, 0.25) is 0 Å². The van der Waals surface area contributed by atoms with E-state index in [2.05, 4.69) is 0 Å². The normalized spacial score (nSPS) is 12.4. The van der Waals surface area contributed by atoms with Crippen LogP contribution >= 0.6 is 0 Å². The SMILES string of the molecule is Nc1ccc(F)c(C(N)C(=O)O)c1O. The van der Waals surface area contributed by atoms with E-state index in [4.69, 9.17) is 16.6 Å². The van der Waals surface area contributed by atoms with Crippen molar-refractivity contribution in [1.29, 1.82) is 0 Å². The molecular weight excluding hydrogens is 191 g/mol. The number of halogens is 1. The Kier molecular flexibility index (Phi) is 2.57. The molecular formula is C8H9FN2O3. The number of aliphatic carboxylic acids is 1. The Morgan fingerprint density at radius 1 is 1.50 bits per heavy atom. The highest BCUT2D eigenvalue weighted by atomic mass is 19.1. The predicted octanol–water partition coefficient (Wildman–Crippen LogP) is 0.198. The highest BCUT2D eigenvalue weighted by Crippen LogP contribution is 2.31. The number of rotatable bonds is 2. The molecule has 0 amide bonds. The smallest absolute Gasteiger partial charge is 0.325 e. The van der Waals surface area contributed by atoms with Gasteiger partial charge < -0.3 is 21.7 Å². The number of benzene rings is 1. The average Bonchev–Trinajstić information content (AvgIpc) is 2.12. The lowest BCUT2D eigenvalue weighted by Crippen LogP contribution is -2.22. The van der Waals surface area contributed by atoms with Crippen molar-refractivity contribution in [3.8, 4) is 5.75 Å². The molecule has 0 aliphatic carbocycles. The summed E-state index contributed by atoms with van der Waals surface area (Å²) >= 11 is 0. The zero-order chi connectivity index (χ0) is 10.9. The molecule has 1 aromatic rings. The van der Waals surface area contributed by atoms with Crippen molar-refractivity contribution in [2.45, 2.75) is 6.04 Å². The first kappa shape index (κ1) is 10.3. The van der Waals surface area contributed by atoms with Crippen LogP contribution in [0.15, 0.2) is 12.1 Å². The fourth-order valence-electron chi connectivity index (χ4n) is 1.02. The van der Waals surface area contributed by atoms with Crippen LogP contribution in [0.2, 0.25) is 0 Å². The van der Waals surface area contributed by atoms with Crippen molar-refractivity contribution in [3.05, 3.63) is 23.5 Å². The summed E-state index contributed by atoms with van der Waals surface area (Å²) < 4.78 is 13.1.